The molecule has 0 aromatic heterocycles. The Kier molecular flexibility index (Phi) is 4.84. The lowest BCUT2D eigenvalue weighted by atomic mass is 10.3. The summed E-state index contributed by atoms with van der Waals surface area (Å²) in [6.45, 7) is 1.76. The zero-order valence-corrected chi connectivity index (χ0v) is 11.5. The van der Waals surface area contributed by atoms with E-state index in [9.17, 15) is 17.6 Å². The monoisotopic (exact) mass is 289 g/mol. The molecule has 0 spiro atoms. The first kappa shape index (κ1) is 15.4. The second-order valence-electron chi connectivity index (χ2n) is 3.87. The summed E-state index contributed by atoms with van der Waals surface area (Å²) in [5, 5.41) is 2.48. The highest BCUT2D eigenvalue weighted by molar-refractivity contribution is 7.89. The quantitative estimate of drug-likeness (QED) is 0.755. The van der Waals surface area contributed by atoms with E-state index in [1.54, 1.807) is 6.92 Å². The van der Waals surface area contributed by atoms with Gasteiger partial charge in [-0.25, -0.2) is 12.8 Å². The summed E-state index contributed by atoms with van der Waals surface area (Å²) in [6, 6.07) is 3.51. The number of para-hydroxylation sites is 1. The number of rotatable bonds is 5. The normalized spacial score (nSPS) is 11.6. The third-order valence-electron chi connectivity index (χ3n) is 2.44. The number of hydrogen-bond donors (Lipinski definition) is 2. The summed E-state index contributed by atoms with van der Waals surface area (Å²) in [5.41, 5.74) is 4.96. The highest BCUT2D eigenvalue weighted by Gasteiger charge is 2.26. The SMILES string of the molecule is CCNC(=O)CN(C)S(=O)(=O)c1cccc(F)c1N. The molecule has 1 rings (SSSR count). The first-order chi connectivity index (χ1) is 8.80. The molecule has 0 aliphatic heterocycles. The maximum absolute atomic E-state index is 13.3. The number of halogens is 1. The van der Waals surface area contributed by atoms with Crippen LogP contribution in [0.1, 0.15) is 6.92 Å². The zero-order valence-electron chi connectivity index (χ0n) is 10.7. The number of benzene rings is 1. The summed E-state index contributed by atoms with van der Waals surface area (Å²) in [5.74, 6) is -1.25. The van der Waals surface area contributed by atoms with Gasteiger partial charge in [0.05, 0.1) is 12.2 Å². The molecule has 6 nitrogen and oxygen atoms in total. The lowest BCUT2D eigenvalue weighted by molar-refractivity contribution is -0.121. The molecule has 0 unspecified atom stereocenters. The first-order valence-corrected chi connectivity index (χ1v) is 7.01. The summed E-state index contributed by atoms with van der Waals surface area (Å²) in [4.78, 5) is 11.0. The van der Waals surface area contributed by atoms with Crippen LogP contribution in [0, 0.1) is 5.82 Å². The maximum Gasteiger partial charge on any atom is 0.245 e. The summed E-state index contributed by atoms with van der Waals surface area (Å²) in [6.07, 6.45) is 0. The number of anilines is 1. The number of carbonyl (C=O) groups is 1. The smallest absolute Gasteiger partial charge is 0.245 e. The third kappa shape index (κ3) is 3.42. The molecule has 1 amide bonds. The van der Waals surface area contributed by atoms with E-state index in [0.717, 1.165) is 10.4 Å². The Labute approximate surface area is 111 Å². The standard InChI is InChI=1S/C11H16FN3O3S/c1-3-14-10(16)7-15(2)19(17,18)9-6-4-5-8(12)11(9)13/h4-6H,3,7,13H2,1-2H3,(H,14,16). The van der Waals surface area contributed by atoms with E-state index in [1.165, 1.54) is 19.2 Å². The van der Waals surface area contributed by atoms with Crippen molar-refractivity contribution in [1.29, 1.82) is 0 Å². The number of hydrogen-bond acceptors (Lipinski definition) is 4. The summed E-state index contributed by atoms with van der Waals surface area (Å²) in [7, 11) is -2.77. The molecule has 0 atom stereocenters. The van der Waals surface area contributed by atoms with Gasteiger partial charge in [-0.15, -0.1) is 0 Å². The second kappa shape index (κ2) is 5.98. The molecule has 0 aliphatic carbocycles. The van der Waals surface area contributed by atoms with E-state index in [4.69, 9.17) is 5.73 Å². The highest BCUT2D eigenvalue weighted by Crippen LogP contribution is 2.23. The molecule has 0 saturated carbocycles. The van der Waals surface area contributed by atoms with Crippen molar-refractivity contribution in [3.05, 3.63) is 24.0 Å². The predicted octanol–water partition coefficient (Wildman–Crippen LogP) is 0.165. The number of nitrogens with two attached hydrogens (primary N) is 1. The van der Waals surface area contributed by atoms with Crippen LogP contribution in [0.15, 0.2) is 23.1 Å². The van der Waals surface area contributed by atoms with Crippen LogP contribution < -0.4 is 11.1 Å². The van der Waals surface area contributed by atoms with Gasteiger partial charge in [0, 0.05) is 13.6 Å². The van der Waals surface area contributed by atoms with E-state index < -0.39 is 27.4 Å². The second-order valence-corrected chi connectivity index (χ2v) is 5.88. The molecule has 19 heavy (non-hydrogen) atoms. The van der Waals surface area contributed by atoms with Crippen molar-refractivity contribution in [2.45, 2.75) is 11.8 Å². The van der Waals surface area contributed by atoms with Gasteiger partial charge in [-0.05, 0) is 19.1 Å². The topological polar surface area (TPSA) is 92.5 Å². The summed E-state index contributed by atoms with van der Waals surface area (Å²) >= 11 is 0. The molecule has 0 bridgehead atoms. The van der Waals surface area contributed by atoms with Gasteiger partial charge in [0.2, 0.25) is 15.9 Å². The molecule has 8 heteroatoms. The average molecular weight is 289 g/mol. The molecular weight excluding hydrogens is 273 g/mol. The van der Waals surface area contributed by atoms with E-state index in [1.807, 2.05) is 0 Å². The molecule has 0 aliphatic rings. The number of sulfonamides is 1. The predicted molar refractivity (Wildman–Crippen MR) is 69.3 cm³/mol. The molecule has 1 aromatic carbocycles. The van der Waals surface area contributed by atoms with Crippen LogP contribution in [0.2, 0.25) is 0 Å². The Balaban J connectivity index is 3.04. The van der Waals surface area contributed by atoms with Crippen LogP contribution in [0.25, 0.3) is 0 Å². The number of nitrogens with one attached hydrogen (secondary N) is 1. The van der Waals surface area contributed by atoms with Gasteiger partial charge in [0.25, 0.3) is 0 Å². The molecule has 0 fully saturated rings. The van der Waals surface area contributed by atoms with Crippen molar-refractivity contribution in [2.24, 2.45) is 0 Å². The van der Waals surface area contributed by atoms with Crippen molar-refractivity contribution in [3.8, 4) is 0 Å². The molecule has 1 aromatic rings. The average Bonchev–Trinajstić information content (AvgIpc) is 2.32. The largest absolute Gasteiger partial charge is 0.395 e. The third-order valence-corrected chi connectivity index (χ3v) is 4.30. The fraction of sp³-hybridized carbons (Fsp3) is 0.364. The van der Waals surface area contributed by atoms with Crippen LogP contribution in [0.4, 0.5) is 10.1 Å². The molecule has 0 saturated heterocycles. The fourth-order valence-corrected chi connectivity index (χ4v) is 2.70. The highest BCUT2D eigenvalue weighted by atomic mass is 32.2. The Morgan fingerprint density at radius 3 is 2.68 bits per heavy atom. The van der Waals surface area contributed by atoms with E-state index >= 15 is 0 Å². The van der Waals surface area contributed by atoms with Crippen molar-refractivity contribution in [2.75, 3.05) is 25.9 Å². The lowest BCUT2D eigenvalue weighted by Gasteiger charge is -2.17. The number of amides is 1. The van der Waals surface area contributed by atoms with Crippen LogP contribution in [-0.4, -0.2) is 38.8 Å². The van der Waals surface area contributed by atoms with Crippen molar-refractivity contribution in [3.63, 3.8) is 0 Å². The van der Waals surface area contributed by atoms with Crippen LogP contribution >= 0.6 is 0 Å². The fourth-order valence-electron chi connectivity index (χ4n) is 1.45. The summed E-state index contributed by atoms with van der Waals surface area (Å²) < 4.78 is 38.4. The number of likely N-dealkylation sites (N-methyl/N-ethyl adjacent to an activating group) is 2. The maximum atomic E-state index is 13.3. The van der Waals surface area contributed by atoms with Gasteiger partial charge < -0.3 is 11.1 Å². The molecular formula is C11H16FN3O3S. The van der Waals surface area contributed by atoms with E-state index in [2.05, 4.69) is 5.32 Å². The van der Waals surface area contributed by atoms with Gasteiger partial charge in [0.1, 0.15) is 10.7 Å². The Morgan fingerprint density at radius 1 is 1.47 bits per heavy atom. The van der Waals surface area contributed by atoms with Crippen molar-refractivity contribution in [1.82, 2.24) is 9.62 Å². The number of nitrogen functional groups attached to an aromatic ring is 1. The van der Waals surface area contributed by atoms with Gasteiger partial charge in [-0.3, -0.25) is 4.79 Å². The molecule has 0 radical (unpaired) electrons. The molecule has 3 N–H and O–H groups in total. The first-order valence-electron chi connectivity index (χ1n) is 5.57. The minimum atomic E-state index is -4.00. The Hall–Kier alpha value is -1.67. The Morgan fingerprint density at radius 2 is 2.11 bits per heavy atom. The van der Waals surface area contributed by atoms with Crippen LogP contribution in [-0.2, 0) is 14.8 Å². The minimum Gasteiger partial charge on any atom is -0.395 e. The van der Waals surface area contributed by atoms with Gasteiger partial charge in [-0.2, -0.15) is 4.31 Å². The van der Waals surface area contributed by atoms with Crippen LogP contribution in [0.3, 0.4) is 0 Å². The Bertz CT molecular complexity index is 575. The minimum absolute atomic E-state index is 0.348. The van der Waals surface area contributed by atoms with E-state index in [-0.39, 0.29) is 11.4 Å². The van der Waals surface area contributed by atoms with Gasteiger partial charge >= 0.3 is 0 Å². The van der Waals surface area contributed by atoms with E-state index in [0.29, 0.717) is 6.54 Å². The zero-order chi connectivity index (χ0) is 14.6. The van der Waals surface area contributed by atoms with Gasteiger partial charge in [0.15, 0.2) is 0 Å². The van der Waals surface area contributed by atoms with Crippen molar-refractivity contribution >= 4 is 21.6 Å². The molecule has 0 heterocycles. The van der Waals surface area contributed by atoms with Crippen molar-refractivity contribution < 1.29 is 17.6 Å². The lowest BCUT2D eigenvalue weighted by Crippen LogP contribution is -2.38. The molecule has 106 valence electrons. The number of nitrogens with zero attached hydrogens (tertiary/aromatic N) is 1. The van der Waals surface area contributed by atoms with Gasteiger partial charge in [-0.1, -0.05) is 6.07 Å². The van der Waals surface area contributed by atoms with Crippen LogP contribution in [0.5, 0.6) is 0 Å². The number of carbonyl (C=O) groups excluding carboxylic acids is 1.